The summed E-state index contributed by atoms with van der Waals surface area (Å²) in [4.78, 5) is 70.3. The summed E-state index contributed by atoms with van der Waals surface area (Å²) in [6.07, 6.45) is 4.06. The molecular formula is C39H47F2N5O9S. The number of hydrogen-bond donors (Lipinski definition) is 3. The third kappa shape index (κ3) is 9.14. The zero-order valence-electron chi connectivity index (χ0n) is 31.5. The van der Waals surface area contributed by atoms with Crippen molar-refractivity contribution in [3.8, 4) is 0 Å². The molecule has 5 amide bonds. The monoisotopic (exact) mass is 799 g/mol. The molecule has 6 rings (SSSR count). The summed E-state index contributed by atoms with van der Waals surface area (Å²) in [5.74, 6) is -6.23. The summed E-state index contributed by atoms with van der Waals surface area (Å²) in [6, 6.07) is 7.71. The van der Waals surface area contributed by atoms with Crippen molar-refractivity contribution < 1.29 is 50.6 Å². The Kier molecular flexibility index (Phi) is 11.7. The lowest BCUT2D eigenvalue weighted by Crippen LogP contribution is -2.58. The molecule has 0 unspecified atom stereocenters. The minimum Gasteiger partial charge on any atom is -0.444 e. The number of sulfonamides is 1. The molecule has 0 spiro atoms. The molecule has 2 aromatic rings. The molecule has 3 heterocycles. The van der Waals surface area contributed by atoms with Crippen molar-refractivity contribution in [1.82, 2.24) is 25.2 Å². The van der Waals surface area contributed by atoms with Gasteiger partial charge in [0.25, 0.3) is 15.9 Å². The first-order chi connectivity index (χ1) is 26.5. The number of carbonyl (C=O) groups excluding carboxylic acids is 5. The highest BCUT2D eigenvalue weighted by Gasteiger charge is 2.62. The van der Waals surface area contributed by atoms with E-state index in [1.807, 2.05) is 24.3 Å². The van der Waals surface area contributed by atoms with Crippen LogP contribution in [0.3, 0.4) is 0 Å². The van der Waals surface area contributed by atoms with Crippen molar-refractivity contribution in [1.29, 1.82) is 0 Å². The second-order valence-corrected chi connectivity index (χ2v) is 17.3. The van der Waals surface area contributed by atoms with Crippen LogP contribution in [0.25, 0.3) is 0 Å². The van der Waals surface area contributed by atoms with E-state index >= 15 is 0 Å². The Labute approximate surface area is 324 Å². The number of hydrogen-bond acceptors (Lipinski definition) is 9. The molecule has 1 saturated heterocycles. The van der Waals surface area contributed by atoms with Crippen molar-refractivity contribution in [3.63, 3.8) is 0 Å². The molecule has 2 fully saturated rings. The SMILES string of the molecule is CC(C)(C)OC(=O)N[C@H]1CCCCC/C=C\[C@@H]2C[C@@]2(C(=O)NS(=O)(=O)c2c(F)cccc2F)NC(=O)[C@@H]2C[C@@H](OC(=O)N3CCc4ccccc4C3)CN2C1=O. The van der Waals surface area contributed by atoms with Crippen LogP contribution >= 0.6 is 0 Å². The maximum Gasteiger partial charge on any atom is 0.410 e. The fourth-order valence-electron chi connectivity index (χ4n) is 7.49. The number of benzene rings is 2. The van der Waals surface area contributed by atoms with Crippen LogP contribution in [-0.2, 0) is 46.8 Å². The molecule has 4 aliphatic rings. The molecule has 17 heteroatoms. The van der Waals surface area contributed by atoms with Gasteiger partial charge in [0, 0.05) is 25.4 Å². The normalized spacial score (nSPS) is 26.2. The summed E-state index contributed by atoms with van der Waals surface area (Å²) in [5.41, 5.74) is -0.643. The van der Waals surface area contributed by atoms with E-state index in [0.29, 0.717) is 45.2 Å². The minimum atomic E-state index is -5.08. The van der Waals surface area contributed by atoms with Gasteiger partial charge >= 0.3 is 12.2 Å². The van der Waals surface area contributed by atoms with Gasteiger partial charge < -0.3 is 29.9 Å². The van der Waals surface area contributed by atoms with E-state index < -0.39 is 91.7 Å². The molecule has 0 radical (unpaired) electrons. The van der Waals surface area contributed by atoms with Crippen LogP contribution in [0.4, 0.5) is 18.4 Å². The van der Waals surface area contributed by atoms with E-state index in [4.69, 9.17) is 9.47 Å². The van der Waals surface area contributed by atoms with E-state index in [-0.39, 0.29) is 25.8 Å². The van der Waals surface area contributed by atoms with E-state index in [0.717, 1.165) is 29.3 Å². The summed E-state index contributed by atoms with van der Waals surface area (Å²) in [6.45, 7) is 5.51. The Bertz CT molecular complexity index is 2000. The zero-order chi connectivity index (χ0) is 40.4. The maximum absolute atomic E-state index is 14.5. The smallest absolute Gasteiger partial charge is 0.410 e. The molecule has 56 heavy (non-hydrogen) atoms. The van der Waals surface area contributed by atoms with Crippen LogP contribution in [0.1, 0.15) is 76.8 Å². The molecule has 1 saturated carbocycles. The van der Waals surface area contributed by atoms with Crippen LogP contribution in [0.2, 0.25) is 0 Å². The van der Waals surface area contributed by atoms with Gasteiger partial charge in [-0.3, -0.25) is 14.4 Å². The lowest BCUT2D eigenvalue weighted by Gasteiger charge is -2.30. The molecular weight excluding hydrogens is 753 g/mol. The van der Waals surface area contributed by atoms with Gasteiger partial charge in [-0.25, -0.2) is 31.5 Å². The van der Waals surface area contributed by atoms with Crippen molar-refractivity contribution in [3.05, 3.63) is 77.4 Å². The lowest BCUT2D eigenvalue weighted by atomic mass is 10.0. The van der Waals surface area contributed by atoms with E-state index in [2.05, 4.69) is 10.6 Å². The first-order valence-electron chi connectivity index (χ1n) is 18.8. The third-order valence-corrected chi connectivity index (χ3v) is 11.8. The molecule has 302 valence electrons. The summed E-state index contributed by atoms with van der Waals surface area (Å²) in [7, 11) is -5.08. The fourth-order valence-corrected chi connectivity index (χ4v) is 8.67. The molecule has 3 N–H and O–H groups in total. The standard InChI is InChI=1S/C39H47F2N5O9S/c1-38(2,3)55-36(50)42-30-17-8-6-4-5-7-14-26-21-39(26,35(49)44-56(52,53)32-28(40)15-11-16-29(32)41)43-33(47)31-20-27(23-46(31)34(30)48)54-37(51)45-19-18-24-12-9-10-13-25(24)22-45/h7,9-16,26-27,30-31H,4-6,8,17-23H2,1-3H3,(H,42,50)(H,43,47)(H,44,49)/b14-7-/t26-,27-,30+,31+,39-/m1/s1. The van der Waals surface area contributed by atoms with Gasteiger partial charge in [0.05, 0.1) is 6.54 Å². The molecule has 2 aromatic carbocycles. The fraction of sp³-hybridized carbons (Fsp3) is 0.513. The van der Waals surface area contributed by atoms with Crippen LogP contribution < -0.4 is 15.4 Å². The van der Waals surface area contributed by atoms with Gasteiger partial charge in [-0.1, -0.05) is 55.3 Å². The van der Waals surface area contributed by atoms with E-state index in [1.165, 1.54) is 9.80 Å². The Hall–Kier alpha value is -5.06. The summed E-state index contributed by atoms with van der Waals surface area (Å²) >= 11 is 0. The molecule has 5 atom stereocenters. The topological polar surface area (TPSA) is 181 Å². The van der Waals surface area contributed by atoms with Gasteiger partial charge in [-0.15, -0.1) is 0 Å². The van der Waals surface area contributed by atoms with Crippen LogP contribution in [-0.4, -0.2) is 90.5 Å². The molecule has 14 nitrogen and oxygen atoms in total. The molecule has 3 aliphatic heterocycles. The number of carbonyl (C=O) groups is 5. The van der Waals surface area contributed by atoms with Crippen LogP contribution in [0.5, 0.6) is 0 Å². The number of alkyl carbamates (subject to hydrolysis) is 1. The highest BCUT2D eigenvalue weighted by Crippen LogP contribution is 2.46. The first kappa shape index (κ1) is 40.6. The highest BCUT2D eigenvalue weighted by molar-refractivity contribution is 7.90. The van der Waals surface area contributed by atoms with Crippen molar-refractivity contribution in [2.45, 2.75) is 113 Å². The quantitative estimate of drug-likeness (QED) is 0.374. The second-order valence-electron chi connectivity index (χ2n) is 15.7. The van der Waals surface area contributed by atoms with E-state index in [1.54, 1.807) is 37.6 Å². The van der Waals surface area contributed by atoms with Gasteiger partial charge in [-0.2, -0.15) is 0 Å². The van der Waals surface area contributed by atoms with Gasteiger partial charge in [0.15, 0.2) is 4.90 Å². The van der Waals surface area contributed by atoms with Crippen molar-refractivity contribution in [2.24, 2.45) is 5.92 Å². The van der Waals surface area contributed by atoms with Crippen molar-refractivity contribution >= 4 is 39.9 Å². The predicted molar refractivity (Wildman–Crippen MR) is 197 cm³/mol. The van der Waals surface area contributed by atoms with Crippen molar-refractivity contribution in [2.75, 3.05) is 13.1 Å². The van der Waals surface area contributed by atoms with E-state index in [9.17, 15) is 41.2 Å². The minimum absolute atomic E-state index is 0.0469. The summed E-state index contributed by atoms with van der Waals surface area (Å²) < 4.78 is 68.5. The number of halogens is 2. The molecule has 0 bridgehead atoms. The van der Waals surface area contributed by atoms with Gasteiger partial charge in [0.1, 0.15) is 41.0 Å². The third-order valence-electron chi connectivity index (χ3n) is 10.4. The number of nitrogens with one attached hydrogen (secondary N) is 3. The van der Waals surface area contributed by atoms with Gasteiger partial charge in [-0.05, 0) is 76.1 Å². The average Bonchev–Trinajstić information content (AvgIpc) is 3.65. The number of ether oxygens (including phenoxy) is 2. The predicted octanol–water partition coefficient (Wildman–Crippen LogP) is 4.22. The number of fused-ring (bicyclic) bond motifs is 3. The largest absolute Gasteiger partial charge is 0.444 e. The van der Waals surface area contributed by atoms with Crippen LogP contribution in [0.15, 0.2) is 59.5 Å². The molecule has 1 aliphatic carbocycles. The Morgan fingerprint density at radius 1 is 0.982 bits per heavy atom. The molecule has 0 aromatic heterocycles. The number of nitrogens with zero attached hydrogens (tertiary/aromatic N) is 2. The Morgan fingerprint density at radius 2 is 1.70 bits per heavy atom. The zero-order valence-corrected chi connectivity index (χ0v) is 32.3. The number of rotatable bonds is 5. The lowest BCUT2D eigenvalue weighted by molar-refractivity contribution is -0.141. The Balaban J connectivity index is 1.27. The highest BCUT2D eigenvalue weighted by atomic mass is 32.2. The van der Waals surface area contributed by atoms with Crippen LogP contribution in [0, 0.1) is 17.6 Å². The first-order valence-corrected chi connectivity index (χ1v) is 20.3. The number of allylic oxidation sites excluding steroid dienone is 1. The maximum atomic E-state index is 14.5. The average molecular weight is 800 g/mol. The summed E-state index contributed by atoms with van der Waals surface area (Å²) in [5, 5.41) is 5.30. The van der Waals surface area contributed by atoms with Gasteiger partial charge in [0.2, 0.25) is 11.8 Å². The second kappa shape index (κ2) is 16.2. The Morgan fingerprint density at radius 3 is 2.41 bits per heavy atom. The number of amides is 5.